The molecule has 2 saturated carbocycles. The summed E-state index contributed by atoms with van der Waals surface area (Å²) in [5.41, 5.74) is 0.346. The van der Waals surface area contributed by atoms with Crippen LogP contribution in [-0.4, -0.2) is 46.8 Å². The van der Waals surface area contributed by atoms with Crippen molar-refractivity contribution in [2.45, 2.75) is 56.5 Å². The summed E-state index contributed by atoms with van der Waals surface area (Å²) in [6, 6.07) is 9.52. The number of rotatable bonds is 5. The molecule has 0 bridgehead atoms. The molecular weight excluding hydrogens is 342 g/mol. The second kappa shape index (κ2) is 6.98. The number of nitrogens with zero attached hydrogens (tertiary/aromatic N) is 2. The van der Waals surface area contributed by atoms with Gasteiger partial charge in [0.2, 0.25) is 5.91 Å². The predicted octanol–water partition coefficient (Wildman–Crippen LogP) is 2.85. The Balaban J connectivity index is 1.46. The molecule has 1 saturated heterocycles. The zero-order chi connectivity index (χ0) is 19.0. The molecule has 27 heavy (non-hydrogen) atoms. The Hall–Kier alpha value is -2.37. The van der Waals surface area contributed by atoms with E-state index in [2.05, 4.69) is 5.32 Å². The van der Waals surface area contributed by atoms with Gasteiger partial charge in [-0.15, -0.1) is 0 Å². The van der Waals surface area contributed by atoms with Gasteiger partial charge in [-0.25, -0.2) is 4.79 Å². The van der Waals surface area contributed by atoms with Crippen LogP contribution >= 0.6 is 0 Å². The summed E-state index contributed by atoms with van der Waals surface area (Å²) in [6.07, 6.45) is 6.56. The average molecular weight is 369 g/mol. The van der Waals surface area contributed by atoms with Crippen molar-refractivity contribution < 1.29 is 14.4 Å². The molecule has 1 spiro atoms. The number of carbonyl (C=O) groups excluding carboxylic acids is 3. The third-order valence-electron chi connectivity index (χ3n) is 6.35. The number of likely N-dealkylation sites (N-methyl/N-ethyl adjacent to an activating group) is 1. The molecule has 2 aliphatic carbocycles. The molecular formula is C21H27N3O3. The van der Waals surface area contributed by atoms with Gasteiger partial charge in [-0.2, -0.15) is 0 Å². The Morgan fingerprint density at radius 3 is 2.44 bits per heavy atom. The van der Waals surface area contributed by atoms with Crippen molar-refractivity contribution in [1.29, 1.82) is 0 Å². The number of hydrogen-bond acceptors (Lipinski definition) is 3. The molecule has 1 aliphatic heterocycles. The lowest BCUT2D eigenvalue weighted by Crippen LogP contribution is -2.49. The largest absolute Gasteiger partial charge is 0.347 e. The van der Waals surface area contributed by atoms with Crippen molar-refractivity contribution in [3.63, 3.8) is 0 Å². The Morgan fingerprint density at radius 2 is 1.81 bits per heavy atom. The number of hydrogen-bond donors (Lipinski definition) is 1. The van der Waals surface area contributed by atoms with Crippen LogP contribution in [0.15, 0.2) is 30.3 Å². The number of benzene rings is 1. The van der Waals surface area contributed by atoms with Gasteiger partial charge in [0.15, 0.2) is 0 Å². The van der Waals surface area contributed by atoms with Crippen molar-refractivity contribution in [3.05, 3.63) is 35.9 Å². The van der Waals surface area contributed by atoms with Gasteiger partial charge in [-0.1, -0.05) is 49.6 Å². The zero-order valence-electron chi connectivity index (χ0n) is 15.8. The van der Waals surface area contributed by atoms with Crippen LogP contribution in [0.3, 0.4) is 0 Å². The molecule has 144 valence electrons. The highest BCUT2D eigenvalue weighted by molar-refractivity contribution is 6.09. The number of nitrogens with one attached hydrogen (secondary N) is 1. The van der Waals surface area contributed by atoms with E-state index in [0.717, 1.165) is 42.6 Å². The molecule has 1 aromatic rings. The maximum Gasteiger partial charge on any atom is 0.327 e. The minimum atomic E-state index is -0.731. The van der Waals surface area contributed by atoms with Gasteiger partial charge in [-0.05, 0) is 37.2 Å². The molecule has 3 fully saturated rings. The topological polar surface area (TPSA) is 69.7 Å². The first kappa shape index (κ1) is 18.0. The number of carbonyl (C=O) groups is 3. The Morgan fingerprint density at radius 1 is 1.15 bits per heavy atom. The molecule has 4 rings (SSSR count). The van der Waals surface area contributed by atoms with Crippen molar-refractivity contribution in [2.75, 3.05) is 13.6 Å². The van der Waals surface area contributed by atoms with Gasteiger partial charge in [0.05, 0.1) is 6.04 Å². The summed E-state index contributed by atoms with van der Waals surface area (Å²) in [6.45, 7) is -0.195. The fourth-order valence-corrected chi connectivity index (χ4v) is 4.60. The summed E-state index contributed by atoms with van der Waals surface area (Å²) < 4.78 is 0. The quantitative estimate of drug-likeness (QED) is 0.812. The first-order valence-corrected chi connectivity index (χ1v) is 9.97. The number of urea groups is 1. The molecule has 6 heteroatoms. The van der Waals surface area contributed by atoms with Gasteiger partial charge in [0.25, 0.3) is 5.91 Å². The second-order valence-electron chi connectivity index (χ2n) is 8.12. The predicted molar refractivity (Wildman–Crippen MR) is 101 cm³/mol. The lowest BCUT2D eigenvalue weighted by molar-refractivity contribution is -0.137. The summed E-state index contributed by atoms with van der Waals surface area (Å²) in [7, 11) is 1.69. The lowest BCUT2D eigenvalue weighted by Gasteiger charge is -2.35. The van der Waals surface area contributed by atoms with E-state index in [1.807, 2.05) is 30.3 Å². The van der Waals surface area contributed by atoms with E-state index >= 15 is 0 Å². The molecule has 0 radical (unpaired) electrons. The summed E-state index contributed by atoms with van der Waals surface area (Å²) in [5.74, 6) is -0.0278. The molecule has 1 heterocycles. The molecule has 0 aromatic heterocycles. The summed E-state index contributed by atoms with van der Waals surface area (Å²) in [4.78, 5) is 41.1. The molecule has 1 N–H and O–H groups in total. The first-order chi connectivity index (χ1) is 13.0. The van der Waals surface area contributed by atoms with E-state index in [1.165, 1.54) is 0 Å². The highest BCUT2D eigenvalue weighted by Crippen LogP contribution is 2.41. The Kier molecular flexibility index (Phi) is 4.66. The Labute approximate surface area is 159 Å². The van der Waals surface area contributed by atoms with Gasteiger partial charge in [0, 0.05) is 7.05 Å². The lowest BCUT2D eigenvalue weighted by atomic mass is 9.81. The maximum atomic E-state index is 13.0. The summed E-state index contributed by atoms with van der Waals surface area (Å²) in [5, 5.41) is 3.07. The highest BCUT2D eigenvalue weighted by Gasteiger charge is 2.55. The van der Waals surface area contributed by atoms with E-state index in [1.54, 1.807) is 11.9 Å². The number of amides is 4. The van der Waals surface area contributed by atoms with Crippen LogP contribution in [0.2, 0.25) is 0 Å². The summed E-state index contributed by atoms with van der Waals surface area (Å²) >= 11 is 0. The number of imide groups is 1. The van der Waals surface area contributed by atoms with Crippen LogP contribution in [0, 0.1) is 5.92 Å². The average Bonchev–Trinajstić information content (AvgIpc) is 3.52. The standard InChI is InChI=1S/C21H27N3O3/c1-23-20(27)24(19(26)21(23)12-6-3-7-13-21)14-17(25)22-18(16-10-11-16)15-8-4-2-5-9-15/h2,4-5,8-9,16,18H,3,6-7,10-14H2,1H3,(H,22,25). The molecule has 6 nitrogen and oxygen atoms in total. The van der Waals surface area contributed by atoms with Crippen LogP contribution in [0.4, 0.5) is 4.79 Å². The van der Waals surface area contributed by atoms with Crippen molar-refractivity contribution in [1.82, 2.24) is 15.1 Å². The second-order valence-corrected chi connectivity index (χ2v) is 8.12. The van der Waals surface area contributed by atoms with E-state index < -0.39 is 5.54 Å². The van der Waals surface area contributed by atoms with Gasteiger partial charge in [-0.3, -0.25) is 14.5 Å². The first-order valence-electron chi connectivity index (χ1n) is 9.97. The van der Waals surface area contributed by atoms with Crippen molar-refractivity contribution in [2.24, 2.45) is 5.92 Å². The molecule has 1 unspecified atom stereocenters. The molecule has 1 aromatic carbocycles. The van der Waals surface area contributed by atoms with E-state index in [9.17, 15) is 14.4 Å². The van der Waals surface area contributed by atoms with Crippen LogP contribution in [-0.2, 0) is 9.59 Å². The molecule has 3 aliphatic rings. The fourth-order valence-electron chi connectivity index (χ4n) is 4.60. The van der Waals surface area contributed by atoms with Gasteiger partial charge >= 0.3 is 6.03 Å². The van der Waals surface area contributed by atoms with Crippen LogP contribution in [0.5, 0.6) is 0 Å². The minimum absolute atomic E-state index is 0.0483. The van der Waals surface area contributed by atoms with Gasteiger partial charge < -0.3 is 10.2 Å². The third-order valence-corrected chi connectivity index (χ3v) is 6.35. The third kappa shape index (κ3) is 3.22. The normalized spacial score (nSPS) is 23.0. The van der Waals surface area contributed by atoms with Crippen LogP contribution < -0.4 is 5.32 Å². The molecule has 1 atom stereocenters. The van der Waals surface area contributed by atoms with E-state index in [4.69, 9.17) is 0 Å². The smallest absolute Gasteiger partial charge is 0.327 e. The molecule has 4 amide bonds. The fraction of sp³-hybridized carbons (Fsp3) is 0.571. The van der Waals surface area contributed by atoms with E-state index in [0.29, 0.717) is 18.8 Å². The minimum Gasteiger partial charge on any atom is -0.347 e. The highest BCUT2D eigenvalue weighted by atomic mass is 16.2. The zero-order valence-corrected chi connectivity index (χ0v) is 15.8. The van der Waals surface area contributed by atoms with Crippen LogP contribution in [0.1, 0.15) is 56.6 Å². The van der Waals surface area contributed by atoms with Gasteiger partial charge in [0.1, 0.15) is 12.1 Å². The maximum absolute atomic E-state index is 13.0. The monoisotopic (exact) mass is 369 g/mol. The van der Waals surface area contributed by atoms with E-state index in [-0.39, 0.29) is 30.4 Å². The Bertz CT molecular complexity index is 738. The van der Waals surface area contributed by atoms with Crippen molar-refractivity contribution >= 4 is 17.8 Å². The van der Waals surface area contributed by atoms with Crippen LogP contribution in [0.25, 0.3) is 0 Å². The van der Waals surface area contributed by atoms with Crippen molar-refractivity contribution in [3.8, 4) is 0 Å². The SMILES string of the molecule is CN1C(=O)N(CC(=O)NC(c2ccccc2)C2CC2)C(=O)C12CCCCC2.